The number of nitriles is 1. The van der Waals surface area contributed by atoms with Gasteiger partial charge >= 0.3 is 6.03 Å². The van der Waals surface area contributed by atoms with Gasteiger partial charge in [0.2, 0.25) is 11.8 Å². The average Bonchev–Trinajstić information content (AvgIpc) is 3.35. The molecular weight excluding hydrogens is 410 g/mol. The van der Waals surface area contributed by atoms with Crippen molar-refractivity contribution in [3.8, 4) is 6.07 Å². The highest BCUT2D eigenvalue weighted by atomic mass is 16.2. The lowest BCUT2D eigenvalue weighted by Crippen LogP contribution is -2.52. The Labute approximate surface area is 183 Å². The molecule has 2 aromatic carbocycles. The topological polar surface area (TPSA) is 123 Å². The zero-order valence-electron chi connectivity index (χ0n) is 17.1. The summed E-state index contributed by atoms with van der Waals surface area (Å²) < 4.78 is 0. The van der Waals surface area contributed by atoms with Gasteiger partial charge in [-0.1, -0.05) is 12.1 Å². The molecule has 2 aromatic rings. The number of nitrogens with one attached hydrogen (secondary N) is 2. The molecule has 0 aromatic heterocycles. The molecule has 3 aliphatic rings. The molecule has 5 amide bonds. The van der Waals surface area contributed by atoms with Gasteiger partial charge in [-0.2, -0.15) is 5.26 Å². The van der Waals surface area contributed by atoms with Gasteiger partial charge in [-0.25, -0.2) is 4.79 Å². The maximum atomic E-state index is 12.8. The van der Waals surface area contributed by atoms with Crippen LogP contribution in [-0.4, -0.2) is 39.6 Å². The first-order valence-electron chi connectivity index (χ1n) is 10.3. The Balaban J connectivity index is 1.29. The number of fused-ring (bicyclic) bond motifs is 2. The number of hydrogen-bond donors (Lipinski definition) is 2. The smallest absolute Gasteiger partial charge is 0.322 e. The van der Waals surface area contributed by atoms with Gasteiger partial charge in [0.25, 0.3) is 5.91 Å². The van der Waals surface area contributed by atoms with Crippen molar-refractivity contribution < 1.29 is 19.2 Å². The van der Waals surface area contributed by atoms with Gasteiger partial charge < -0.3 is 15.1 Å². The Morgan fingerprint density at radius 1 is 1.09 bits per heavy atom. The standard InChI is InChI=1S/C23H19N5O4/c24-9-13-2-1-3-14-10-27(12-18(13)14)23(32)25-16-4-5-17-15(8-16)11-28(22(17)31)19-6-7-20(29)26-21(19)30/h1-5,8,19H,6-7,10-12H2,(H,25,32)(H,26,29,30). The van der Waals surface area contributed by atoms with E-state index >= 15 is 0 Å². The molecule has 3 aliphatic heterocycles. The summed E-state index contributed by atoms with van der Waals surface area (Å²) in [6, 6.07) is 11.7. The summed E-state index contributed by atoms with van der Waals surface area (Å²) in [5.41, 5.74) is 4.14. The molecule has 1 fully saturated rings. The number of rotatable bonds is 2. The number of nitrogens with zero attached hydrogens (tertiary/aromatic N) is 3. The van der Waals surface area contributed by atoms with E-state index in [1.165, 1.54) is 4.90 Å². The second kappa shape index (κ2) is 7.50. The highest BCUT2D eigenvalue weighted by Crippen LogP contribution is 2.30. The fourth-order valence-electron chi connectivity index (χ4n) is 4.52. The summed E-state index contributed by atoms with van der Waals surface area (Å²) in [4.78, 5) is 52.3. The lowest BCUT2D eigenvalue weighted by Gasteiger charge is -2.29. The van der Waals surface area contributed by atoms with E-state index in [0.717, 1.165) is 11.1 Å². The summed E-state index contributed by atoms with van der Waals surface area (Å²) in [6.45, 7) is 1.02. The van der Waals surface area contributed by atoms with E-state index in [-0.39, 0.29) is 30.8 Å². The Morgan fingerprint density at radius 3 is 2.72 bits per heavy atom. The van der Waals surface area contributed by atoms with Crippen molar-refractivity contribution in [2.24, 2.45) is 0 Å². The first-order chi connectivity index (χ1) is 15.4. The fraction of sp³-hybridized carbons (Fsp3) is 0.261. The maximum Gasteiger partial charge on any atom is 0.322 e. The minimum atomic E-state index is -0.678. The van der Waals surface area contributed by atoms with Crippen LogP contribution in [-0.2, 0) is 29.2 Å². The number of carbonyl (C=O) groups excluding carboxylic acids is 4. The molecule has 1 saturated heterocycles. The highest BCUT2D eigenvalue weighted by Gasteiger charge is 2.39. The van der Waals surface area contributed by atoms with Crippen LogP contribution >= 0.6 is 0 Å². The number of piperidine rings is 1. The van der Waals surface area contributed by atoms with Crippen LogP contribution in [0, 0.1) is 11.3 Å². The first kappa shape index (κ1) is 19.8. The molecule has 9 nitrogen and oxygen atoms in total. The number of urea groups is 1. The monoisotopic (exact) mass is 429 g/mol. The summed E-state index contributed by atoms with van der Waals surface area (Å²) in [7, 11) is 0. The Kier molecular flexibility index (Phi) is 4.63. The van der Waals surface area contributed by atoms with Crippen molar-refractivity contribution in [3.63, 3.8) is 0 Å². The predicted octanol–water partition coefficient (Wildman–Crippen LogP) is 1.87. The molecule has 0 spiro atoms. The van der Waals surface area contributed by atoms with Crippen LogP contribution in [0.1, 0.15) is 45.5 Å². The minimum Gasteiger partial charge on any atom is -0.322 e. The van der Waals surface area contributed by atoms with Crippen molar-refractivity contribution in [2.75, 3.05) is 5.32 Å². The lowest BCUT2D eigenvalue weighted by atomic mass is 10.0. The van der Waals surface area contributed by atoms with Gasteiger partial charge in [0.1, 0.15) is 6.04 Å². The number of hydrogen-bond acceptors (Lipinski definition) is 5. The van der Waals surface area contributed by atoms with Crippen molar-refractivity contribution >= 4 is 29.4 Å². The molecule has 1 unspecified atom stereocenters. The van der Waals surface area contributed by atoms with Gasteiger partial charge in [0.05, 0.1) is 11.6 Å². The summed E-state index contributed by atoms with van der Waals surface area (Å²) in [6.07, 6.45) is 0.498. The van der Waals surface area contributed by atoms with Crippen LogP contribution in [0.4, 0.5) is 10.5 Å². The largest absolute Gasteiger partial charge is 0.322 e. The SMILES string of the molecule is N#Cc1cccc2c1CN(C(=O)Nc1ccc3c(c1)CN(C1CCC(=O)NC1=O)C3=O)C2. The van der Waals surface area contributed by atoms with Gasteiger partial charge in [-0.15, -0.1) is 0 Å². The summed E-state index contributed by atoms with van der Waals surface area (Å²) in [5.74, 6) is -1.04. The number of amides is 5. The molecule has 0 aliphatic carbocycles. The van der Waals surface area contributed by atoms with E-state index in [1.807, 2.05) is 12.1 Å². The molecule has 1 atom stereocenters. The third kappa shape index (κ3) is 3.26. The number of benzene rings is 2. The van der Waals surface area contributed by atoms with Gasteiger partial charge in [0.15, 0.2) is 0 Å². The molecule has 2 N–H and O–H groups in total. The number of carbonyl (C=O) groups is 4. The van der Waals surface area contributed by atoms with Crippen molar-refractivity contribution in [1.82, 2.24) is 15.1 Å². The quantitative estimate of drug-likeness (QED) is 0.706. The van der Waals surface area contributed by atoms with Crippen LogP contribution in [0.25, 0.3) is 0 Å². The molecular formula is C23H19N5O4. The van der Waals surface area contributed by atoms with E-state index < -0.39 is 11.9 Å². The highest BCUT2D eigenvalue weighted by molar-refractivity contribution is 6.05. The zero-order chi connectivity index (χ0) is 22.4. The summed E-state index contributed by atoms with van der Waals surface area (Å²) in [5, 5.41) is 14.4. The molecule has 0 saturated carbocycles. The normalized spacial score (nSPS) is 19.3. The molecule has 5 rings (SSSR count). The van der Waals surface area contributed by atoms with Crippen molar-refractivity contribution in [1.29, 1.82) is 5.26 Å². The van der Waals surface area contributed by atoms with E-state index in [4.69, 9.17) is 0 Å². The Morgan fingerprint density at radius 2 is 1.94 bits per heavy atom. The summed E-state index contributed by atoms with van der Waals surface area (Å²) >= 11 is 0. The van der Waals surface area contributed by atoms with Crippen LogP contribution in [0.5, 0.6) is 0 Å². The average molecular weight is 429 g/mol. The molecule has 32 heavy (non-hydrogen) atoms. The second-order valence-electron chi connectivity index (χ2n) is 8.11. The van der Waals surface area contributed by atoms with Gasteiger partial charge in [-0.3, -0.25) is 19.7 Å². The van der Waals surface area contributed by atoms with Gasteiger partial charge in [-0.05, 0) is 47.4 Å². The molecule has 3 heterocycles. The van der Waals surface area contributed by atoms with Crippen molar-refractivity contribution in [2.45, 2.75) is 38.5 Å². The number of imide groups is 1. The fourth-order valence-corrected chi connectivity index (χ4v) is 4.52. The minimum absolute atomic E-state index is 0.198. The van der Waals surface area contributed by atoms with Gasteiger partial charge in [0, 0.05) is 37.3 Å². The lowest BCUT2D eigenvalue weighted by molar-refractivity contribution is -0.136. The number of anilines is 1. The second-order valence-corrected chi connectivity index (χ2v) is 8.11. The maximum absolute atomic E-state index is 12.8. The Hall–Kier alpha value is -4.19. The zero-order valence-corrected chi connectivity index (χ0v) is 17.1. The predicted molar refractivity (Wildman–Crippen MR) is 112 cm³/mol. The molecule has 9 heteroatoms. The molecule has 0 bridgehead atoms. The van der Waals surface area contributed by atoms with E-state index in [2.05, 4.69) is 16.7 Å². The van der Waals surface area contributed by atoms with Crippen LogP contribution in [0.2, 0.25) is 0 Å². The Bertz CT molecular complexity index is 1230. The first-order valence-corrected chi connectivity index (χ1v) is 10.3. The van der Waals surface area contributed by atoms with E-state index in [9.17, 15) is 24.4 Å². The third-order valence-electron chi connectivity index (χ3n) is 6.17. The van der Waals surface area contributed by atoms with E-state index in [1.54, 1.807) is 29.2 Å². The molecule has 160 valence electrons. The van der Waals surface area contributed by atoms with Crippen LogP contribution < -0.4 is 10.6 Å². The third-order valence-corrected chi connectivity index (χ3v) is 6.17. The van der Waals surface area contributed by atoms with Crippen molar-refractivity contribution in [3.05, 3.63) is 64.2 Å². The van der Waals surface area contributed by atoms with E-state index in [0.29, 0.717) is 41.9 Å². The van der Waals surface area contributed by atoms with Crippen LogP contribution in [0.15, 0.2) is 36.4 Å². The van der Waals surface area contributed by atoms with Crippen LogP contribution in [0.3, 0.4) is 0 Å². The molecule has 0 radical (unpaired) electrons.